The summed E-state index contributed by atoms with van der Waals surface area (Å²) < 4.78 is 10.9. The second-order valence-electron chi connectivity index (χ2n) is 8.38. The molecule has 1 aliphatic rings. The van der Waals surface area contributed by atoms with Crippen LogP contribution in [0.2, 0.25) is 0 Å². The summed E-state index contributed by atoms with van der Waals surface area (Å²) in [4.78, 5) is 18.6. The Morgan fingerprint density at radius 3 is 2.70 bits per heavy atom. The zero-order valence-electron chi connectivity index (χ0n) is 22.1. The van der Waals surface area contributed by atoms with Gasteiger partial charge >= 0.3 is 0 Å². The molecular formula is C29H37ClN4O3. The molecule has 1 aromatic carbocycles. The van der Waals surface area contributed by atoms with Crippen LogP contribution in [0.4, 0.5) is 0 Å². The molecule has 3 aromatic rings. The summed E-state index contributed by atoms with van der Waals surface area (Å²) in [6.07, 6.45) is 6.27. The lowest BCUT2D eigenvalue weighted by atomic mass is 9.92. The van der Waals surface area contributed by atoms with Crippen LogP contribution in [0.15, 0.2) is 62.9 Å². The van der Waals surface area contributed by atoms with Crippen LogP contribution in [0.1, 0.15) is 37.7 Å². The highest BCUT2D eigenvalue weighted by Gasteiger charge is 2.23. The Morgan fingerprint density at radius 2 is 1.97 bits per heavy atom. The van der Waals surface area contributed by atoms with Gasteiger partial charge in [-0.15, -0.1) is 0 Å². The van der Waals surface area contributed by atoms with E-state index in [1.807, 2.05) is 68.5 Å². The summed E-state index contributed by atoms with van der Waals surface area (Å²) in [5, 5.41) is 8.23. The van der Waals surface area contributed by atoms with Crippen molar-refractivity contribution < 1.29 is 9.26 Å². The van der Waals surface area contributed by atoms with E-state index in [1.54, 1.807) is 7.11 Å². The van der Waals surface area contributed by atoms with Crippen LogP contribution in [-0.4, -0.2) is 54.9 Å². The van der Waals surface area contributed by atoms with Gasteiger partial charge in [-0.2, -0.15) is 0 Å². The maximum atomic E-state index is 13.3. The SMILES string of the molecule is CC.CCN(CCNCc1cc(-c2c(-c3ccccc3)c3c([nH]c2=O)CC=CC(Cl)=C3)on1)CCOC. The Bertz CT molecular complexity index is 1250. The maximum Gasteiger partial charge on any atom is 0.259 e. The summed E-state index contributed by atoms with van der Waals surface area (Å²) in [5.74, 6) is 0.432. The first kappa shape index (κ1) is 28.6. The standard InChI is InChI=1S/C27H31ClN4O3.C2H6/c1-3-32(14-15-34-2)13-12-29-18-21-17-24(35-31-21)26-25(19-8-5-4-6-9-19)22-16-20(28)10-7-11-23(22)30-27(26)33;1-2/h4-10,16-17,29H,3,11-15,18H2,1-2H3,(H,30,33);1-2H3. The lowest BCUT2D eigenvalue weighted by molar-refractivity contribution is 0.151. The molecule has 0 spiro atoms. The van der Waals surface area contributed by atoms with Gasteiger partial charge in [-0.3, -0.25) is 4.79 Å². The number of aromatic amines is 1. The van der Waals surface area contributed by atoms with Gasteiger partial charge < -0.3 is 24.5 Å². The van der Waals surface area contributed by atoms with Crippen molar-refractivity contribution in [3.05, 3.63) is 80.9 Å². The number of aromatic nitrogens is 2. The third-order valence-electron chi connectivity index (χ3n) is 6.05. The molecule has 0 saturated carbocycles. The summed E-state index contributed by atoms with van der Waals surface area (Å²) in [6.45, 7) is 11.0. The number of hydrogen-bond acceptors (Lipinski definition) is 6. The van der Waals surface area contributed by atoms with E-state index < -0.39 is 0 Å². The van der Waals surface area contributed by atoms with Gasteiger partial charge in [0.15, 0.2) is 5.76 Å². The fraction of sp³-hybridized carbons (Fsp3) is 0.379. The van der Waals surface area contributed by atoms with E-state index in [4.69, 9.17) is 20.9 Å². The van der Waals surface area contributed by atoms with Crippen molar-refractivity contribution in [3.63, 3.8) is 0 Å². The highest BCUT2D eigenvalue weighted by atomic mass is 35.5. The smallest absolute Gasteiger partial charge is 0.259 e. The summed E-state index contributed by atoms with van der Waals surface area (Å²) >= 11 is 6.41. The topological polar surface area (TPSA) is 83.4 Å². The van der Waals surface area contributed by atoms with Crippen molar-refractivity contribution in [1.29, 1.82) is 0 Å². The van der Waals surface area contributed by atoms with Gasteiger partial charge in [0.25, 0.3) is 5.56 Å². The molecule has 2 aromatic heterocycles. The lowest BCUT2D eigenvalue weighted by Crippen LogP contribution is -2.34. The van der Waals surface area contributed by atoms with E-state index >= 15 is 0 Å². The van der Waals surface area contributed by atoms with Crippen molar-refractivity contribution in [1.82, 2.24) is 20.4 Å². The minimum atomic E-state index is -0.213. The predicted octanol–water partition coefficient (Wildman–Crippen LogP) is 5.47. The Labute approximate surface area is 224 Å². The first-order valence-corrected chi connectivity index (χ1v) is 13.2. The van der Waals surface area contributed by atoms with E-state index in [-0.39, 0.29) is 5.56 Å². The number of ether oxygens (including phenoxy) is 1. The van der Waals surface area contributed by atoms with E-state index in [1.165, 1.54) is 0 Å². The number of nitrogens with zero attached hydrogens (tertiary/aromatic N) is 2. The summed E-state index contributed by atoms with van der Waals surface area (Å²) in [7, 11) is 1.72. The Kier molecular flexibility index (Phi) is 11.4. The molecule has 7 nitrogen and oxygen atoms in total. The van der Waals surface area contributed by atoms with Gasteiger partial charge in [-0.1, -0.05) is 73.9 Å². The molecule has 0 unspecified atom stereocenters. The molecule has 0 aliphatic heterocycles. The van der Waals surface area contributed by atoms with Crippen LogP contribution in [-0.2, 0) is 17.7 Å². The first-order valence-electron chi connectivity index (χ1n) is 12.9. The van der Waals surface area contributed by atoms with E-state index in [9.17, 15) is 4.79 Å². The van der Waals surface area contributed by atoms with Crippen LogP contribution < -0.4 is 10.9 Å². The first-order chi connectivity index (χ1) is 18.1. The van der Waals surface area contributed by atoms with Gasteiger partial charge in [-0.05, 0) is 24.3 Å². The van der Waals surface area contributed by atoms with Crippen LogP contribution in [0.3, 0.4) is 0 Å². The molecular weight excluding hydrogens is 488 g/mol. The molecule has 4 rings (SSSR count). The number of fused-ring (bicyclic) bond motifs is 1. The van der Waals surface area contributed by atoms with Gasteiger partial charge in [0, 0.05) is 67.6 Å². The molecule has 1 aliphatic carbocycles. The number of benzene rings is 1. The second kappa shape index (κ2) is 14.7. The third-order valence-corrected chi connectivity index (χ3v) is 6.29. The van der Waals surface area contributed by atoms with Crippen LogP contribution in [0.5, 0.6) is 0 Å². The lowest BCUT2D eigenvalue weighted by Gasteiger charge is -2.19. The van der Waals surface area contributed by atoms with Crippen molar-refractivity contribution >= 4 is 17.7 Å². The number of allylic oxidation sites excluding steroid dienone is 3. The largest absolute Gasteiger partial charge is 0.383 e. The zero-order chi connectivity index (χ0) is 26.6. The highest BCUT2D eigenvalue weighted by Crippen LogP contribution is 2.36. The quantitative estimate of drug-likeness (QED) is 0.323. The number of rotatable bonds is 11. The van der Waals surface area contributed by atoms with E-state index in [2.05, 4.69) is 27.3 Å². The van der Waals surface area contributed by atoms with Gasteiger partial charge in [0.2, 0.25) is 0 Å². The minimum absolute atomic E-state index is 0.213. The van der Waals surface area contributed by atoms with E-state index in [0.717, 1.165) is 60.9 Å². The molecule has 0 radical (unpaired) electrons. The molecule has 0 saturated heterocycles. The average molecular weight is 525 g/mol. The molecule has 2 N–H and O–H groups in total. The van der Waals surface area contributed by atoms with Crippen LogP contribution >= 0.6 is 11.6 Å². The third kappa shape index (κ3) is 7.52. The van der Waals surface area contributed by atoms with Crippen molar-refractivity contribution in [2.75, 3.05) is 39.9 Å². The normalized spacial score (nSPS) is 12.5. The number of nitrogens with one attached hydrogen (secondary N) is 2. The number of pyridine rings is 1. The van der Waals surface area contributed by atoms with Gasteiger partial charge in [0.05, 0.1) is 17.9 Å². The zero-order valence-corrected chi connectivity index (χ0v) is 22.9. The molecule has 0 bridgehead atoms. The predicted molar refractivity (Wildman–Crippen MR) is 152 cm³/mol. The molecule has 8 heteroatoms. The number of halogens is 1. The summed E-state index contributed by atoms with van der Waals surface area (Å²) in [5.41, 5.74) is 4.39. The second-order valence-corrected chi connectivity index (χ2v) is 8.82. The number of hydrogen-bond donors (Lipinski definition) is 2. The van der Waals surface area contributed by atoms with Crippen molar-refractivity contribution in [2.45, 2.75) is 33.7 Å². The number of H-pyrrole nitrogens is 1. The van der Waals surface area contributed by atoms with Gasteiger partial charge in [0.1, 0.15) is 0 Å². The molecule has 0 amide bonds. The molecule has 0 atom stereocenters. The highest BCUT2D eigenvalue weighted by molar-refractivity contribution is 6.33. The Hall–Kier alpha value is -2.97. The van der Waals surface area contributed by atoms with Crippen molar-refractivity contribution in [3.8, 4) is 22.5 Å². The molecule has 37 heavy (non-hydrogen) atoms. The fourth-order valence-corrected chi connectivity index (χ4v) is 4.41. The van der Waals surface area contributed by atoms with Crippen molar-refractivity contribution in [2.24, 2.45) is 0 Å². The Balaban J connectivity index is 0.00000186. The maximum absolute atomic E-state index is 13.3. The molecule has 0 fully saturated rings. The number of methoxy groups -OCH3 is 1. The van der Waals surface area contributed by atoms with E-state index in [0.29, 0.717) is 29.3 Å². The van der Waals surface area contributed by atoms with Gasteiger partial charge in [-0.25, -0.2) is 0 Å². The minimum Gasteiger partial charge on any atom is -0.383 e. The average Bonchev–Trinajstić information content (AvgIpc) is 3.31. The van der Waals surface area contributed by atoms with Crippen LogP contribution in [0.25, 0.3) is 28.5 Å². The summed E-state index contributed by atoms with van der Waals surface area (Å²) in [6, 6.07) is 11.7. The van der Waals surface area contributed by atoms with Crippen LogP contribution in [0, 0.1) is 0 Å². The molecule has 198 valence electrons. The number of likely N-dealkylation sites (N-methyl/N-ethyl adjacent to an activating group) is 1. The Morgan fingerprint density at radius 1 is 1.19 bits per heavy atom. The monoisotopic (exact) mass is 524 g/mol. The fourth-order valence-electron chi connectivity index (χ4n) is 4.22. The molecule has 2 heterocycles.